The molecule has 0 bridgehead atoms. The van der Waals surface area contributed by atoms with Crippen molar-refractivity contribution in [1.82, 2.24) is 9.55 Å². The number of aryl methyl sites for hydroxylation is 1. The van der Waals surface area contributed by atoms with Crippen molar-refractivity contribution in [2.45, 2.75) is 5.25 Å². The van der Waals surface area contributed by atoms with Gasteiger partial charge >= 0.3 is 0 Å². The zero-order chi connectivity index (χ0) is 7.56. The molecular weight excluding hydrogens is 148 g/mol. The topological polar surface area (TPSA) is 34.9 Å². The van der Waals surface area contributed by atoms with Gasteiger partial charge in [0, 0.05) is 19.4 Å². The summed E-state index contributed by atoms with van der Waals surface area (Å²) in [7, 11) is 1.81. The molecule has 53 valence electrons. The van der Waals surface area contributed by atoms with E-state index in [9.17, 15) is 4.79 Å². The van der Waals surface area contributed by atoms with E-state index in [-0.39, 0.29) is 0 Å². The van der Waals surface area contributed by atoms with Crippen molar-refractivity contribution in [1.29, 1.82) is 0 Å². The van der Waals surface area contributed by atoms with Gasteiger partial charge in [0.2, 0.25) is 6.29 Å². The first kappa shape index (κ1) is 7.34. The first-order valence-electron chi connectivity index (χ1n) is 2.78. The zero-order valence-electron chi connectivity index (χ0n) is 5.48. The Labute approximate surface area is 64.5 Å². The van der Waals surface area contributed by atoms with E-state index in [0.717, 1.165) is 0 Å². The van der Waals surface area contributed by atoms with Crippen molar-refractivity contribution in [3.63, 3.8) is 0 Å². The van der Waals surface area contributed by atoms with Gasteiger partial charge in [-0.25, -0.2) is 4.98 Å². The molecule has 1 rings (SSSR count). The highest BCUT2D eigenvalue weighted by Gasteiger charge is 2.09. The smallest absolute Gasteiger partial charge is 0.220 e. The van der Waals surface area contributed by atoms with Crippen molar-refractivity contribution >= 4 is 18.9 Å². The lowest BCUT2D eigenvalue weighted by Gasteiger charge is -2.00. The second kappa shape index (κ2) is 2.88. The number of imidazole rings is 1. The number of rotatable bonds is 2. The van der Waals surface area contributed by atoms with Crippen LogP contribution in [0.4, 0.5) is 0 Å². The average Bonchev–Trinajstić information content (AvgIpc) is 2.34. The number of hydrogen-bond acceptors (Lipinski definition) is 3. The molecule has 3 nitrogen and oxygen atoms in total. The SMILES string of the molecule is Cn1ccnc1C(S)[C]=O. The number of aromatic nitrogens is 2. The summed E-state index contributed by atoms with van der Waals surface area (Å²) in [6.07, 6.45) is 5.12. The number of hydrogen-bond donors (Lipinski definition) is 1. The van der Waals surface area contributed by atoms with Crippen LogP contribution in [0, 0.1) is 0 Å². The third-order valence-electron chi connectivity index (χ3n) is 1.21. The lowest BCUT2D eigenvalue weighted by molar-refractivity contribution is 0.552. The molecule has 4 heteroatoms. The van der Waals surface area contributed by atoms with Gasteiger partial charge in [-0.15, -0.1) is 0 Å². The summed E-state index contributed by atoms with van der Waals surface area (Å²) in [5.41, 5.74) is 0. The van der Waals surface area contributed by atoms with Gasteiger partial charge in [-0.1, -0.05) is 0 Å². The highest BCUT2D eigenvalue weighted by atomic mass is 32.1. The maximum absolute atomic E-state index is 10.1. The molecule has 0 fully saturated rings. The third-order valence-corrected chi connectivity index (χ3v) is 1.55. The second-order valence-electron chi connectivity index (χ2n) is 1.92. The van der Waals surface area contributed by atoms with Gasteiger partial charge < -0.3 is 4.57 Å². The van der Waals surface area contributed by atoms with Crippen LogP contribution in [-0.2, 0) is 11.8 Å². The van der Waals surface area contributed by atoms with Crippen LogP contribution in [0.1, 0.15) is 11.1 Å². The molecule has 0 aliphatic carbocycles. The summed E-state index contributed by atoms with van der Waals surface area (Å²) in [5, 5.41) is -0.528. The van der Waals surface area contributed by atoms with Crippen LogP contribution >= 0.6 is 12.6 Å². The monoisotopic (exact) mass is 155 g/mol. The van der Waals surface area contributed by atoms with Gasteiger partial charge in [0.15, 0.2) is 0 Å². The van der Waals surface area contributed by atoms with Crippen LogP contribution in [0.5, 0.6) is 0 Å². The van der Waals surface area contributed by atoms with Crippen LogP contribution in [0.3, 0.4) is 0 Å². The number of nitrogens with zero attached hydrogens (tertiary/aromatic N) is 2. The number of carbonyl (C=O) groups excluding carboxylic acids is 1. The molecule has 0 spiro atoms. The Morgan fingerprint density at radius 2 is 2.60 bits per heavy atom. The van der Waals surface area contributed by atoms with Crippen molar-refractivity contribution < 1.29 is 4.79 Å². The normalized spacial score (nSPS) is 13.0. The molecule has 1 aromatic rings. The summed E-state index contributed by atoms with van der Waals surface area (Å²) in [6.45, 7) is 0. The minimum atomic E-state index is -0.528. The van der Waals surface area contributed by atoms with Gasteiger partial charge in [-0.2, -0.15) is 12.6 Å². The predicted octanol–water partition coefficient (Wildman–Crippen LogP) is 0.501. The average molecular weight is 155 g/mol. The molecule has 0 aromatic carbocycles. The summed E-state index contributed by atoms with van der Waals surface area (Å²) < 4.78 is 1.74. The Bertz CT molecular complexity index is 233. The Kier molecular flexibility index (Phi) is 2.11. The zero-order valence-corrected chi connectivity index (χ0v) is 6.38. The summed E-state index contributed by atoms with van der Waals surface area (Å²) in [5.74, 6) is 0.623. The molecule has 1 unspecified atom stereocenters. The molecule has 1 radical (unpaired) electrons. The largest absolute Gasteiger partial charge is 0.337 e. The molecule has 1 atom stereocenters. The maximum Gasteiger partial charge on any atom is 0.220 e. The van der Waals surface area contributed by atoms with E-state index in [2.05, 4.69) is 17.6 Å². The van der Waals surface area contributed by atoms with Crippen molar-refractivity contribution in [2.24, 2.45) is 7.05 Å². The Morgan fingerprint density at radius 1 is 1.90 bits per heavy atom. The van der Waals surface area contributed by atoms with E-state index in [1.54, 1.807) is 23.2 Å². The summed E-state index contributed by atoms with van der Waals surface area (Å²) in [6, 6.07) is 0. The second-order valence-corrected chi connectivity index (χ2v) is 2.43. The maximum atomic E-state index is 10.1. The van der Waals surface area contributed by atoms with Crippen molar-refractivity contribution in [3.8, 4) is 0 Å². The third kappa shape index (κ3) is 1.21. The minimum Gasteiger partial charge on any atom is -0.337 e. The van der Waals surface area contributed by atoms with Gasteiger partial charge in [-0.3, -0.25) is 4.79 Å². The number of thiol groups is 1. The first-order valence-corrected chi connectivity index (χ1v) is 3.30. The molecule has 1 heterocycles. The van der Waals surface area contributed by atoms with Crippen LogP contribution < -0.4 is 0 Å². The van der Waals surface area contributed by atoms with Crippen molar-refractivity contribution in [3.05, 3.63) is 18.2 Å². The fourth-order valence-corrected chi connectivity index (χ4v) is 0.942. The van der Waals surface area contributed by atoms with Crippen LogP contribution in [0.15, 0.2) is 12.4 Å². The Morgan fingerprint density at radius 3 is 3.00 bits per heavy atom. The molecule has 0 N–H and O–H groups in total. The molecule has 0 saturated heterocycles. The Hall–Kier alpha value is -0.770. The molecule has 0 saturated carbocycles. The van der Waals surface area contributed by atoms with E-state index < -0.39 is 5.25 Å². The van der Waals surface area contributed by atoms with Gasteiger partial charge in [0.25, 0.3) is 0 Å². The molecule has 0 aliphatic rings. The molecular formula is C6H7N2OS. The fourth-order valence-electron chi connectivity index (χ4n) is 0.693. The standard InChI is InChI=1S/C6H7N2OS/c1-8-3-2-7-6(8)5(10)4-9/h2-3,5,10H,1H3. The first-order chi connectivity index (χ1) is 4.75. The Balaban J connectivity index is 2.92. The lowest BCUT2D eigenvalue weighted by Crippen LogP contribution is -2.00. The lowest BCUT2D eigenvalue weighted by atomic mass is 10.4. The molecule has 0 aliphatic heterocycles. The van der Waals surface area contributed by atoms with Crippen molar-refractivity contribution in [2.75, 3.05) is 0 Å². The highest BCUT2D eigenvalue weighted by molar-refractivity contribution is 7.81. The molecule has 1 aromatic heterocycles. The van der Waals surface area contributed by atoms with Gasteiger partial charge in [-0.05, 0) is 0 Å². The molecule has 0 amide bonds. The van der Waals surface area contributed by atoms with E-state index >= 15 is 0 Å². The van der Waals surface area contributed by atoms with Crippen LogP contribution in [-0.4, -0.2) is 15.8 Å². The van der Waals surface area contributed by atoms with Crippen LogP contribution in [0.2, 0.25) is 0 Å². The fraction of sp³-hybridized carbons (Fsp3) is 0.333. The quantitative estimate of drug-likeness (QED) is 0.631. The van der Waals surface area contributed by atoms with E-state index in [1.807, 2.05) is 7.05 Å². The predicted molar refractivity (Wildman–Crippen MR) is 40.6 cm³/mol. The van der Waals surface area contributed by atoms with Crippen LogP contribution in [0.25, 0.3) is 0 Å². The van der Waals surface area contributed by atoms with E-state index in [1.165, 1.54) is 0 Å². The van der Waals surface area contributed by atoms with Gasteiger partial charge in [0.1, 0.15) is 11.1 Å². The minimum absolute atomic E-state index is 0.528. The molecule has 10 heavy (non-hydrogen) atoms. The highest BCUT2D eigenvalue weighted by Crippen LogP contribution is 2.12. The van der Waals surface area contributed by atoms with E-state index in [4.69, 9.17) is 0 Å². The van der Waals surface area contributed by atoms with E-state index in [0.29, 0.717) is 5.82 Å². The summed E-state index contributed by atoms with van der Waals surface area (Å²) >= 11 is 3.95. The summed E-state index contributed by atoms with van der Waals surface area (Å²) in [4.78, 5) is 14.0. The van der Waals surface area contributed by atoms with Gasteiger partial charge in [0.05, 0.1) is 0 Å².